The number of hydrogen-bond acceptors (Lipinski definition) is 3. The molecule has 1 aromatic carbocycles. The predicted octanol–water partition coefficient (Wildman–Crippen LogP) is 3.16. The van der Waals surface area contributed by atoms with Crippen LogP contribution >= 0.6 is 11.8 Å². The molecule has 0 saturated heterocycles. The largest absolute Gasteiger partial charge is 0.465 e. The third-order valence-electron chi connectivity index (χ3n) is 3.05. The molecule has 0 N–H and O–H groups in total. The van der Waals surface area contributed by atoms with Gasteiger partial charge in [-0.3, -0.25) is 0 Å². The van der Waals surface area contributed by atoms with Crippen LogP contribution in [-0.4, -0.2) is 18.8 Å². The zero-order valence-electron chi connectivity index (χ0n) is 10.1. The van der Waals surface area contributed by atoms with E-state index in [4.69, 9.17) is 4.74 Å². The molecule has 1 aliphatic rings. The lowest BCUT2D eigenvalue weighted by Crippen LogP contribution is -2.16. The number of rotatable bonds is 1. The van der Waals surface area contributed by atoms with Crippen molar-refractivity contribution in [1.82, 2.24) is 0 Å². The van der Waals surface area contributed by atoms with Crippen LogP contribution in [0.2, 0.25) is 0 Å². The lowest BCUT2D eigenvalue weighted by molar-refractivity contribution is 0.0599. The average molecular weight is 236 g/mol. The van der Waals surface area contributed by atoms with Crippen molar-refractivity contribution in [1.29, 1.82) is 0 Å². The van der Waals surface area contributed by atoms with Gasteiger partial charge in [-0.2, -0.15) is 0 Å². The average Bonchev–Trinajstić information content (AvgIpc) is 2.53. The van der Waals surface area contributed by atoms with Crippen LogP contribution in [0.3, 0.4) is 0 Å². The summed E-state index contributed by atoms with van der Waals surface area (Å²) in [4.78, 5) is 12.8. The summed E-state index contributed by atoms with van der Waals surface area (Å²) in [5, 5.41) is 0. The summed E-state index contributed by atoms with van der Waals surface area (Å²) in [6.07, 6.45) is 0. The summed E-state index contributed by atoms with van der Waals surface area (Å²) in [6.45, 7) is 6.44. The zero-order valence-corrected chi connectivity index (χ0v) is 10.9. The van der Waals surface area contributed by atoms with Crippen molar-refractivity contribution in [3.05, 3.63) is 28.8 Å². The maximum atomic E-state index is 11.6. The van der Waals surface area contributed by atoms with Crippen LogP contribution in [0.25, 0.3) is 0 Å². The summed E-state index contributed by atoms with van der Waals surface area (Å²) in [6, 6.07) is 4.09. The molecule has 0 amide bonds. The summed E-state index contributed by atoms with van der Waals surface area (Å²) in [5.74, 6) is 0.831. The van der Waals surface area contributed by atoms with Gasteiger partial charge in [0.1, 0.15) is 0 Å². The van der Waals surface area contributed by atoms with Gasteiger partial charge in [0.2, 0.25) is 0 Å². The normalized spacial score (nSPS) is 17.0. The Kier molecular flexibility index (Phi) is 2.74. The number of carbonyl (C=O) groups is 1. The van der Waals surface area contributed by atoms with Gasteiger partial charge in [0.15, 0.2) is 0 Å². The molecular weight excluding hydrogens is 220 g/mol. The smallest absolute Gasteiger partial charge is 0.338 e. The Labute approximate surface area is 100 Å². The van der Waals surface area contributed by atoms with Crippen LogP contribution in [-0.2, 0) is 10.2 Å². The second-order valence-corrected chi connectivity index (χ2v) is 5.84. The highest BCUT2D eigenvalue weighted by molar-refractivity contribution is 7.99. The molecule has 3 heteroatoms. The number of carbonyl (C=O) groups excluding carboxylic acids is 1. The molecule has 1 aromatic rings. The number of ether oxygens (including phenoxy) is 1. The van der Waals surface area contributed by atoms with Crippen LogP contribution in [0, 0.1) is 6.92 Å². The highest BCUT2D eigenvalue weighted by Gasteiger charge is 2.31. The molecule has 1 aliphatic heterocycles. The Balaban J connectivity index is 2.53. The Bertz CT molecular complexity index is 449. The maximum Gasteiger partial charge on any atom is 0.338 e. The van der Waals surface area contributed by atoms with Crippen molar-refractivity contribution in [2.45, 2.75) is 31.1 Å². The predicted molar refractivity (Wildman–Crippen MR) is 66.3 cm³/mol. The second-order valence-electron chi connectivity index (χ2n) is 4.83. The number of fused-ring (bicyclic) bond motifs is 1. The first-order valence-corrected chi connectivity index (χ1v) is 6.30. The Morgan fingerprint density at radius 2 is 2.12 bits per heavy atom. The molecule has 0 radical (unpaired) electrons. The Hall–Kier alpha value is -0.960. The minimum atomic E-state index is -0.245. The molecule has 86 valence electrons. The molecule has 0 aliphatic carbocycles. The van der Waals surface area contributed by atoms with Gasteiger partial charge in [-0.25, -0.2) is 4.79 Å². The molecule has 2 nitrogen and oxygen atoms in total. The Morgan fingerprint density at radius 1 is 1.44 bits per heavy atom. The van der Waals surface area contributed by atoms with Gasteiger partial charge in [-0.1, -0.05) is 19.9 Å². The van der Waals surface area contributed by atoms with Crippen LogP contribution in [0.15, 0.2) is 17.0 Å². The number of benzene rings is 1. The van der Waals surface area contributed by atoms with Crippen molar-refractivity contribution in [3.8, 4) is 0 Å². The molecule has 0 atom stereocenters. The van der Waals surface area contributed by atoms with Gasteiger partial charge in [0, 0.05) is 16.1 Å². The highest BCUT2D eigenvalue weighted by Crippen LogP contribution is 2.44. The highest BCUT2D eigenvalue weighted by atomic mass is 32.2. The monoisotopic (exact) mass is 236 g/mol. The summed E-state index contributed by atoms with van der Waals surface area (Å²) in [5.41, 5.74) is 3.25. The molecule has 0 bridgehead atoms. The van der Waals surface area contributed by atoms with Crippen molar-refractivity contribution < 1.29 is 9.53 Å². The Morgan fingerprint density at radius 3 is 2.75 bits per heavy atom. The number of methoxy groups -OCH3 is 1. The molecule has 0 saturated carbocycles. The standard InChI is InChI=1S/C13H16O2S/c1-8-5-10-11(16-7-13(10,2)3)6-9(8)12(14)15-4/h5-6H,7H2,1-4H3. The summed E-state index contributed by atoms with van der Waals surface area (Å²) in [7, 11) is 1.42. The third kappa shape index (κ3) is 1.73. The lowest BCUT2D eigenvalue weighted by Gasteiger charge is -2.18. The third-order valence-corrected chi connectivity index (χ3v) is 4.56. The minimum absolute atomic E-state index is 0.208. The van der Waals surface area contributed by atoms with E-state index in [0.717, 1.165) is 11.3 Å². The fraction of sp³-hybridized carbons (Fsp3) is 0.462. The van der Waals surface area contributed by atoms with Crippen molar-refractivity contribution >= 4 is 17.7 Å². The van der Waals surface area contributed by atoms with Gasteiger partial charge in [-0.15, -0.1) is 11.8 Å². The van der Waals surface area contributed by atoms with Crippen LogP contribution in [0.4, 0.5) is 0 Å². The number of aryl methyl sites for hydroxylation is 1. The molecule has 16 heavy (non-hydrogen) atoms. The van der Waals surface area contributed by atoms with Crippen molar-refractivity contribution in [2.75, 3.05) is 12.9 Å². The van der Waals surface area contributed by atoms with Crippen LogP contribution in [0.1, 0.15) is 35.3 Å². The molecule has 0 unspecified atom stereocenters. The minimum Gasteiger partial charge on any atom is -0.465 e. The first-order chi connectivity index (χ1) is 7.45. The molecule has 1 heterocycles. The SMILES string of the molecule is COC(=O)c1cc2c(cc1C)C(C)(C)CS2. The van der Waals surface area contributed by atoms with Crippen LogP contribution < -0.4 is 0 Å². The van der Waals surface area contributed by atoms with E-state index in [1.165, 1.54) is 17.6 Å². The molecule has 2 rings (SSSR count). The van der Waals surface area contributed by atoms with Gasteiger partial charge < -0.3 is 4.74 Å². The van der Waals surface area contributed by atoms with Gasteiger partial charge in [0.25, 0.3) is 0 Å². The first-order valence-electron chi connectivity index (χ1n) is 5.32. The van der Waals surface area contributed by atoms with E-state index in [1.807, 2.05) is 24.8 Å². The molecule has 0 aromatic heterocycles. The van der Waals surface area contributed by atoms with E-state index in [2.05, 4.69) is 19.9 Å². The first kappa shape index (κ1) is 11.5. The molecular formula is C13H16O2S. The van der Waals surface area contributed by atoms with Crippen molar-refractivity contribution in [3.63, 3.8) is 0 Å². The lowest BCUT2D eigenvalue weighted by atomic mass is 9.85. The fourth-order valence-electron chi connectivity index (χ4n) is 2.00. The van der Waals surface area contributed by atoms with Gasteiger partial charge >= 0.3 is 5.97 Å². The fourth-order valence-corrected chi connectivity index (χ4v) is 3.37. The van der Waals surface area contributed by atoms with Crippen molar-refractivity contribution in [2.24, 2.45) is 0 Å². The summed E-state index contributed by atoms with van der Waals surface area (Å²) >= 11 is 1.82. The summed E-state index contributed by atoms with van der Waals surface area (Å²) < 4.78 is 4.78. The number of hydrogen-bond donors (Lipinski definition) is 0. The number of thioether (sulfide) groups is 1. The maximum absolute atomic E-state index is 11.6. The molecule has 0 spiro atoms. The van der Waals surface area contributed by atoms with E-state index in [0.29, 0.717) is 5.56 Å². The van der Waals surface area contributed by atoms with E-state index < -0.39 is 0 Å². The zero-order chi connectivity index (χ0) is 11.9. The molecule has 0 fully saturated rings. The van der Waals surface area contributed by atoms with Gasteiger partial charge in [-0.05, 0) is 24.1 Å². The van der Waals surface area contributed by atoms with E-state index in [-0.39, 0.29) is 11.4 Å². The number of esters is 1. The van der Waals surface area contributed by atoms with Gasteiger partial charge in [0.05, 0.1) is 12.7 Å². The van der Waals surface area contributed by atoms with E-state index >= 15 is 0 Å². The quantitative estimate of drug-likeness (QED) is 0.701. The van der Waals surface area contributed by atoms with E-state index in [9.17, 15) is 4.79 Å². The van der Waals surface area contributed by atoms with Crippen LogP contribution in [0.5, 0.6) is 0 Å². The second kappa shape index (κ2) is 3.81. The topological polar surface area (TPSA) is 26.3 Å². The van der Waals surface area contributed by atoms with E-state index in [1.54, 1.807) is 0 Å².